The summed E-state index contributed by atoms with van der Waals surface area (Å²) in [5.74, 6) is 0.968. The molecule has 1 aromatic heterocycles. The second-order valence-corrected chi connectivity index (χ2v) is 7.19. The van der Waals surface area contributed by atoms with Gasteiger partial charge in [0.05, 0.1) is 6.42 Å². The average Bonchev–Trinajstić information content (AvgIpc) is 2.75. The molecule has 2 aliphatic heterocycles. The largest absolute Gasteiger partial charge is 0.353 e. The molecule has 1 unspecified atom stereocenters. The number of aryl methyl sites for hydroxylation is 1. The molecule has 2 aliphatic rings. The van der Waals surface area contributed by atoms with E-state index in [2.05, 4.69) is 25.5 Å². The molecule has 0 spiro atoms. The number of carbonyl (C=O) groups is 2. The highest BCUT2D eigenvalue weighted by atomic mass is 16.2. The normalized spacial score (nSPS) is 19.4. The number of aromatic nitrogens is 1. The van der Waals surface area contributed by atoms with Crippen LogP contribution in [0.25, 0.3) is 0 Å². The van der Waals surface area contributed by atoms with Gasteiger partial charge >= 0.3 is 0 Å². The number of pyridine rings is 1. The average molecular weight is 392 g/mol. The number of nitrogens with one attached hydrogen (secondary N) is 2. The molecule has 0 aliphatic carbocycles. The summed E-state index contributed by atoms with van der Waals surface area (Å²) >= 11 is 0. The van der Waals surface area contributed by atoms with Crippen LogP contribution in [0.1, 0.15) is 12.0 Å². The van der Waals surface area contributed by atoms with E-state index < -0.39 is 6.04 Å². The molecule has 4 rings (SSSR count). The maximum atomic E-state index is 12.7. The number of guanidine groups is 1. The summed E-state index contributed by atoms with van der Waals surface area (Å²) in [4.78, 5) is 38.1. The third-order valence-electron chi connectivity index (χ3n) is 5.17. The van der Waals surface area contributed by atoms with E-state index in [0.29, 0.717) is 19.0 Å². The Kier molecular flexibility index (Phi) is 5.41. The fourth-order valence-electron chi connectivity index (χ4n) is 3.51. The molecule has 8 nitrogen and oxygen atoms in total. The van der Waals surface area contributed by atoms with Gasteiger partial charge in [-0.3, -0.25) is 14.9 Å². The quantitative estimate of drug-likeness (QED) is 0.824. The molecule has 150 valence electrons. The number of rotatable bonds is 3. The number of amides is 2. The maximum absolute atomic E-state index is 12.7. The van der Waals surface area contributed by atoms with Gasteiger partial charge in [0.15, 0.2) is 0 Å². The molecule has 29 heavy (non-hydrogen) atoms. The molecular weight excluding hydrogens is 368 g/mol. The van der Waals surface area contributed by atoms with Crippen molar-refractivity contribution in [3.63, 3.8) is 0 Å². The molecule has 0 bridgehead atoms. The summed E-state index contributed by atoms with van der Waals surface area (Å²) < 4.78 is 0. The van der Waals surface area contributed by atoms with Crippen LogP contribution >= 0.6 is 0 Å². The number of benzene rings is 1. The molecule has 1 atom stereocenters. The van der Waals surface area contributed by atoms with Crippen LogP contribution in [0.2, 0.25) is 0 Å². The Bertz CT molecular complexity index is 922. The van der Waals surface area contributed by atoms with Gasteiger partial charge < -0.3 is 15.1 Å². The summed E-state index contributed by atoms with van der Waals surface area (Å²) in [6.07, 6.45) is 1.83. The minimum Gasteiger partial charge on any atom is -0.353 e. The third-order valence-corrected chi connectivity index (χ3v) is 5.17. The van der Waals surface area contributed by atoms with Gasteiger partial charge in [-0.15, -0.1) is 0 Å². The van der Waals surface area contributed by atoms with Crippen LogP contribution < -0.4 is 15.5 Å². The lowest BCUT2D eigenvalue weighted by Gasteiger charge is -2.38. The third kappa shape index (κ3) is 4.37. The number of nitrogens with zero attached hydrogens (tertiary/aromatic N) is 4. The second-order valence-electron chi connectivity index (χ2n) is 7.19. The van der Waals surface area contributed by atoms with Crippen molar-refractivity contribution >= 4 is 29.3 Å². The lowest BCUT2D eigenvalue weighted by Crippen LogP contribution is -2.56. The van der Waals surface area contributed by atoms with Crippen LogP contribution in [0, 0.1) is 6.92 Å². The van der Waals surface area contributed by atoms with E-state index in [9.17, 15) is 9.59 Å². The predicted molar refractivity (Wildman–Crippen MR) is 112 cm³/mol. The van der Waals surface area contributed by atoms with Crippen LogP contribution in [0.3, 0.4) is 0 Å². The van der Waals surface area contributed by atoms with E-state index in [1.165, 1.54) is 0 Å². The molecule has 0 saturated carbocycles. The van der Waals surface area contributed by atoms with Crippen LogP contribution in [0.15, 0.2) is 53.7 Å². The first-order valence-corrected chi connectivity index (χ1v) is 9.75. The lowest BCUT2D eigenvalue weighted by atomic mass is 10.1. The number of carbonyl (C=O) groups excluding carboxylic acids is 2. The topological polar surface area (TPSA) is 89.9 Å². The molecule has 2 aromatic rings. The lowest BCUT2D eigenvalue weighted by molar-refractivity contribution is -0.125. The molecule has 1 fully saturated rings. The van der Waals surface area contributed by atoms with Gasteiger partial charge in [0.25, 0.3) is 0 Å². The number of hydrogen-bond donors (Lipinski definition) is 2. The van der Waals surface area contributed by atoms with Gasteiger partial charge in [-0.25, -0.2) is 9.98 Å². The van der Waals surface area contributed by atoms with Crippen LogP contribution in [0.4, 0.5) is 11.5 Å². The first-order chi connectivity index (χ1) is 14.1. The Morgan fingerprint density at radius 3 is 2.52 bits per heavy atom. The molecule has 2 amide bonds. The maximum Gasteiger partial charge on any atom is 0.249 e. The van der Waals surface area contributed by atoms with Crippen LogP contribution in [-0.4, -0.2) is 59.9 Å². The Balaban J connectivity index is 1.42. The van der Waals surface area contributed by atoms with Crippen LogP contribution in [-0.2, 0) is 9.59 Å². The smallest absolute Gasteiger partial charge is 0.249 e. The van der Waals surface area contributed by atoms with Crippen molar-refractivity contribution in [2.45, 2.75) is 19.4 Å². The van der Waals surface area contributed by atoms with Crippen molar-refractivity contribution in [3.8, 4) is 0 Å². The first kappa shape index (κ1) is 18.9. The summed E-state index contributed by atoms with van der Waals surface area (Å²) in [6, 6.07) is 12.7. The van der Waals surface area contributed by atoms with Crippen molar-refractivity contribution in [3.05, 3.63) is 54.2 Å². The number of piperazine rings is 1. The van der Waals surface area contributed by atoms with Gasteiger partial charge in [0, 0.05) is 38.1 Å². The van der Waals surface area contributed by atoms with Gasteiger partial charge in [0.1, 0.15) is 11.9 Å². The molecule has 8 heteroatoms. The Morgan fingerprint density at radius 2 is 1.79 bits per heavy atom. The molecule has 1 aromatic carbocycles. The van der Waals surface area contributed by atoms with Crippen molar-refractivity contribution in [2.75, 3.05) is 36.4 Å². The molecular formula is C21H24N6O2. The van der Waals surface area contributed by atoms with Gasteiger partial charge in [-0.2, -0.15) is 0 Å². The highest BCUT2D eigenvalue weighted by Gasteiger charge is 2.30. The zero-order valence-corrected chi connectivity index (χ0v) is 16.3. The summed E-state index contributed by atoms with van der Waals surface area (Å²) in [7, 11) is 0. The molecule has 3 heterocycles. The number of aliphatic imine (C=N–C) groups is 1. The van der Waals surface area contributed by atoms with E-state index in [-0.39, 0.29) is 18.2 Å². The van der Waals surface area contributed by atoms with Gasteiger partial charge in [-0.1, -0.05) is 24.3 Å². The zero-order chi connectivity index (χ0) is 20.2. The van der Waals surface area contributed by atoms with E-state index in [1.807, 2.05) is 54.3 Å². The summed E-state index contributed by atoms with van der Waals surface area (Å²) in [5.41, 5.74) is 1.71. The fourth-order valence-corrected chi connectivity index (χ4v) is 3.51. The van der Waals surface area contributed by atoms with Crippen molar-refractivity contribution in [1.82, 2.24) is 15.2 Å². The molecule has 2 N–H and O–H groups in total. The monoisotopic (exact) mass is 392 g/mol. The Hall–Kier alpha value is -3.42. The first-order valence-electron chi connectivity index (χ1n) is 9.75. The Morgan fingerprint density at radius 1 is 1.07 bits per heavy atom. The predicted octanol–water partition coefficient (Wildman–Crippen LogP) is 1.40. The molecule has 0 radical (unpaired) electrons. The van der Waals surface area contributed by atoms with E-state index in [1.54, 1.807) is 6.20 Å². The van der Waals surface area contributed by atoms with Crippen LogP contribution in [0.5, 0.6) is 0 Å². The summed E-state index contributed by atoms with van der Waals surface area (Å²) in [5, 5.41) is 5.72. The van der Waals surface area contributed by atoms with Crippen molar-refractivity contribution in [2.24, 2.45) is 4.99 Å². The number of para-hydroxylation sites is 1. The van der Waals surface area contributed by atoms with Gasteiger partial charge in [-0.05, 0) is 30.7 Å². The van der Waals surface area contributed by atoms with E-state index >= 15 is 0 Å². The van der Waals surface area contributed by atoms with E-state index in [4.69, 9.17) is 0 Å². The van der Waals surface area contributed by atoms with Crippen molar-refractivity contribution in [1.29, 1.82) is 0 Å². The minimum absolute atomic E-state index is 0.0507. The van der Waals surface area contributed by atoms with Gasteiger partial charge in [0.2, 0.25) is 17.8 Å². The Labute approximate surface area is 169 Å². The summed E-state index contributed by atoms with van der Waals surface area (Å²) in [6.45, 7) is 4.86. The highest BCUT2D eigenvalue weighted by molar-refractivity contribution is 6.06. The number of anilines is 2. The minimum atomic E-state index is -0.729. The zero-order valence-electron chi connectivity index (χ0n) is 16.3. The highest BCUT2D eigenvalue weighted by Crippen LogP contribution is 2.17. The fraction of sp³-hybridized carbons (Fsp3) is 0.333. The van der Waals surface area contributed by atoms with Crippen molar-refractivity contribution < 1.29 is 9.59 Å². The molecule has 1 saturated heterocycles. The number of hydrogen-bond acceptors (Lipinski definition) is 6. The second kappa shape index (κ2) is 8.30. The van der Waals surface area contributed by atoms with E-state index in [0.717, 1.165) is 30.2 Å². The standard InChI is InChI=1S/C21H24N6O2/c1-15-6-2-3-7-16(15)23-20(29)17-14-19(28)25-21(24-17)27-12-10-26(11-13-27)18-8-4-5-9-22-18/h2-9,17H,10-14H2,1H3,(H,23,29)(H,24,25,28). The SMILES string of the molecule is Cc1ccccc1NC(=O)C1CC(=O)NC(N2CCN(c3ccccn3)CC2)=N1.